The van der Waals surface area contributed by atoms with Crippen LogP contribution < -0.4 is 15.9 Å². The maximum absolute atomic E-state index is 12.4. The van der Waals surface area contributed by atoms with Crippen LogP contribution in [-0.2, 0) is 11.4 Å². The number of nitrogens with two attached hydrogens (primary N) is 1. The van der Waals surface area contributed by atoms with Gasteiger partial charge in [-0.15, -0.1) is 10.2 Å². The summed E-state index contributed by atoms with van der Waals surface area (Å²) in [4.78, 5) is 16.4. The molecule has 0 aliphatic carbocycles. The van der Waals surface area contributed by atoms with E-state index in [0.29, 0.717) is 21.8 Å². The molecule has 10 heteroatoms. The number of anilines is 1. The number of benzene rings is 1. The predicted molar refractivity (Wildman–Crippen MR) is 114 cm³/mol. The number of rotatable bonds is 7. The van der Waals surface area contributed by atoms with Gasteiger partial charge < -0.3 is 15.9 Å². The van der Waals surface area contributed by atoms with Crippen LogP contribution in [0.15, 0.2) is 41.7 Å². The van der Waals surface area contributed by atoms with Crippen LogP contribution in [0.2, 0.25) is 5.02 Å². The number of nitrogens with zero attached hydrogens (tertiary/aromatic N) is 4. The van der Waals surface area contributed by atoms with E-state index in [2.05, 4.69) is 20.5 Å². The van der Waals surface area contributed by atoms with Gasteiger partial charge in [-0.05, 0) is 44.5 Å². The highest BCUT2D eigenvalue weighted by atomic mass is 35.5. The van der Waals surface area contributed by atoms with Crippen molar-refractivity contribution in [2.75, 3.05) is 11.2 Å². The number of aryl methyl sites for hydroxylation is 2. The van der Waals surface area contributed by atoms with Crippen molar-refractivity contribution >= 4 is 35.1 Å². The van der Waals surface area contributed by atoms with Crippen molar-refractivity contribution in [2.24, 2.45) is 0 Å². The van der Waals surface area contributed by atoms with Crippen molar-refractivity contribution in [3.05, 3.63) is 58.5 Å². The average molecular weight is 433 g/mol. The molecular formula is C19H21ClN6O2S. The Bertz CT molecular complexity index is 1010. The van der Waals surface area contributed by atoms with Crippen molar-refractivity contribution in [3.63, 3.8) is 0 Å². The topological polar surface area (TPSA) is 108 Å². The van der Waals surface area contributed by atoms with Crippen molar-refractivity contribution in [3.8, 4) is 5.75 Å². The van der Waals surface area contributed by atoms with Gasteiger partial charge in [0, 0.05) is 6.20 Å². The third-order valence-electron chi connectivity index (χ3n) is 4.05. The first-order valence-corrected chi connectivity index (χ1v) is 10.1. The molecule has 0 saturated carbocycles. The fraction of sp³-hybridized carbons (Fsp3) is 0.263. The number of nitrogens with one attached hydrogen (secondary N) is 1. The van der Waals surface area contributed by atoms with Crippen molar-refractivity contribution in [2.45, 2.75) is 37.8 Å². The van der Waals surface area contributed by atoms with E-state index in [0.717, 1.165) is 16.9 Å². The highest BCUT2D eigenvalue weighted by molar-refractivity contribution is 8.00. The molecule has 3 aromatic rings. The third kappa shape index (κ3) is 5.39. The van der Waals surface area contributed by atoms with Crippen LogP contribution >= 0.6 is 23.4 Å². The van der Waals surface area contributed by atoms with Crippen molar-refractivity contribution in [1.29, 1.82) is 0 Å². The molecule has 3 rings (SSSR count). The fourth-order valence-corrected chi connectivity index (χ4v) is 3.38. The number of halogens is 1. The number of nitrogen functional groups attached to an aromatic ring is 1. The Morgan fingerprint density at radius 3 is 2.79 bits per heavy atom. The lowest BCUT2D eigenvalue weighted by atomic mass is 10.1. The molecule has 1 aromatic carbocycles. The quantitative estimate of drug-likeness (QED) is 0.435. The first-order chi connectivity index (χ1) is 13.8. The molecule has 8 nitrogen and oxygen atoms in total. The SMILES string of the molecule is Cc1ccc(OCc2nnc(SC(C)C(=O)Nc3ccc(Cl)cn3)n2N)c(C)c1. The Balaban J connectivity index is 1.59. The molecule has 0 radical (unpaired) electrons. The lowest BCUT2D eigenvalue weighted by Crippen LogP contribution is -2.24. The van der Waals surface area contributed by atoms with Gasteiger partial charge in [0.1, 0.15) is 18.2 Å². The molecule has 0 saturated heterocycles. The maximum Gasteiger partial charge on any atom is 0.238 e. The molecule has 0 bridgehead atoms. The Morgan fingerprint density at radius 2 is 2.10 bits per heavy atom. The Labute approximate surface area is 177 Å². The lowest BCUT2D eigenvalue weighted by molar-refractivity contribution is -0.115. The van der Waals surface area contributed by atoms with Gasteiger partial charge in [0.05, 0.1) is 10.3 Å². The second-order valence-electron chi connectivity index (χ2n) is 6.44. The summed E-state index contributed by atoms with van der Waals surface area (Å²) in [5.41, 5.74) is 2.19. The summed E-state index contributed by atoms with van der Waals surface area (Å²) >= 11 is 6.99. The van der Waals surface area contributed by atoms with Gasteiger partial charge in [-0.3, -0.25) is 4.79 Å². The van der Waals surface area contributed by atoms with Gasteiger partial charge in [-0.2, -0.15) is 0 Å². The molecule has 152 valence electrons. The molecule has 2 aromatic heterocycles. The largest absolute Gasteiger partial charge is 0.485 e. The first-order valence-electron chi connectivity index (χ1n) is 8.82. The number of hydrogen-bond acceptors (Lipinski definition) is 7. The standard InChI is InChI=1S/C19H21ClN6O2S/c1-11-4-6-15(12(2)8-11)28-10-17-24-25-19(26(17)21)29-13(3)18(27)23-16-7-5-14(20)9-22-16/h4-9,13H,10,21H2,1-3H3,(H,22,23,27). The Hall–Kier alpha value is -2.78. The van der Waals surface area contributed by atoms with E-state index in [4.69, 9.17) is 22.2 Å². The number of aromatic nitrogens is 4. The predicted octanol–water partition coefficient (Wildman–Crippen LogP) is 3.36. The molecule has 0 spiro atoms. The van der Waals surface area contributed by atoms with E-state index < -0.39 is 5.25 Å². The minimum absolute atomic E-state index is 0.170. The molecule has 0 aliphatic rings. The van der Waals surface area contributed by atoms with Crippen LogP contribution in [-0.4, -0.2) is 31.0 Å². The summed E-state index contributed by atoms with van der Waals surface area (Å²) in [6.07, 6.45) is 1.47. The van der Waals surface area contributed by atoms with Crippen molar-refractivity contribution in [1.82, 2.24) is 19.9 Å². The monoisotopic (exact) mass is 432 g/mol. The molecule has 0 aliphatic heterocycles. The maximum atomic E-state index is 12.4. The van der Waals surface area contributed by atoms with Crippen LogP contribution in [0, 0.1) is 13.8 Å². The van der Waals surface area contributed by atoms with Gasteiger partial charge in [0.25, 0.3) is 0 Å². The first kappa shape index (κ1) is 20.9. The zero-order valence-corrected chi connectivity index (χ0v) is 17.8. The van der Waals surface area contributed by atoms with Gasteiger partial charge in [0.15, 0.2) is 5.82 Å². The number of pyridine rings is 1. The van der Waals surface area contributed by atoms with Crippen LogP contribution in [0.25, 0.3) is 0 Å². The fourth-order valence-electron chi connectivity index (χ4n) is 2.48. The molecule has 3 N–H and O–H groups in total. The van der Waals surface area contributed by atoms with E-state index in [1.807, 2.05) is 32.0 Å². The molecule has 29 heavy (non-hydrogen) atoms. The summed E-state index contributed by atoms with van der Waals surface area (Å²) in [6.45, 7) is 5.92. The third-order valence-corrected chi connectivity index (χ3v) is 5.33. The van der Waals surface area contributed by atoms with E-state index in [-0.39, 0.29) is 12.5 Å². The second kappa shape index (κ2) is 9.15. The van der Waals surface area contributed by atoms with Crippen LogP contribution in [0.1, 0.15) is 23.9 Å². The number of carbonyl (C=O) groups is 1. The Morgan fingerprint density at radius 1 is 1.31 bits per heavy atom. The molecule has 1 amide bonds. The van der Waals surface area contributed by atoms with Crippen LogP contribution in [0.3, 0.4) is 0 Å². The van der Waals surface area contributed by atoms with Gasteiger partial charge in [-0.25, -0.2) is 9.66 Å². The number of amides is 1. The molecule has 2 heterocycles. The van der Waals surface area contributed by atoms with E-state index in [1.165, 1.54) is 22.6 Å². The van der Waals surface area contributed by atoms with E-state index >= 15 is 0 Å². The van der Waals surface area contributed by atoms with Crippen LogP contribution in [0.5, 0.6) is 5.75 Å². The molecular weight excluding hydrogens is 412 g/mol. The summed E-state index contributed by atoms with van der Waals surface area (Å²) < 4.78 is 7.13. The number of carbonyl (C=O) groups excluding carboxylic acids is 1. The van der Waals surface area contributed by atoms with Gasteiger partial charge in [-0.1, -0.05) is 41.1 Å². The summed E-state index contributed by atoms with van der Waals surface area (Å²) in [5.74, 6) is 7.48. The van der Waals surface area contributed by atoms with Gasteiger partial charge >= 0.3 is 0 Å². The highest BCUT2D eigenvalue weighted by Gasteiger charge is 2.20. The molecule has 0 fully saturated rings. The number of thioether (sulfide) groups is 1. The van der Waals surface area contributed by atoms with E-state index in [9.17, 15) is 4.79 Å². The zero-order valence-electron chi connectivity index (χ0n) is 16.2. The second-order valence-corrected chi connectivity index (χ2v) is 8.18. The smallest absolute Gasteiger partial charge is 0.238 e. The average Bonchev–Trinajstić information content (AvgIpc) is 3.02. The van der Waals surface area contributed by atoms with Crippen molar-refractivity contribution < 1.29 is 9.53 Å². The van der Waals surface area contributed by atoms with E-state index in [1.54, 1.807) is 19.1 Å². The summed E-state index contributed by atoms with van der Waals surface area (Å²) in [6, 6.07) is 9.22. The summed E-state index contributed by atoms with van der Waals surface area (Å²) in [5, 5.41) is 11.3. The summed E-state index contributed by atoms with van der Waals surface area (Å²) in [7, 11) is 0. The molecule has 1 unspecified atom stereocenters. The minimum atomic E-state index is -0.466. The molecule has 1 atom stereocenters. The van der Waals surface area contributed by atoms with Crippen LogP contribution in [0.4, 0.5) is 5.82 Å². The lowest BCUT2D eigenvalue weighted by Gasteiger charge is -2.11. The Kier molecular flexibility index (Phi) is 6.60. The minimum Gasteiger partial charge on any atom is -0.485 e. The zero-order chi connectivity index (χ0) is 21.0. The number of ether oxygens (including phenoxy) is 1. The highest BCUT2D eigenvalue weighted by Crippen LogP contribution is 2.23. The normalized spacial score (nSPS) is 11.9. The number of hydrogen-bond donors (Lipinski definition) is 2. The van der Waals surface area contributed by atoms with Gasteiger partial charge in [0.2, 0.25) is 11.1 Å².